The number of unbranched alkanes of at least 4 members (excludes halogenated alkanes) is 6. The van der Waals surface area contributed by atoms with E-state index in [4.69, 9.17) is 44.1 Å². The molecule has 0 saturated carbocycles. The van der Waals surface area contributed by atoms with Crippen LogP contribution in [0.1, 0.15) is 44.9 Å². The molecule has 0 atom stereocenters. The lowest BCUT2D eigenvalue weighted by molar-refractivity contribution is 0.0958. The Labute approximate surface area is 186 Å². The fourth-order valence-electron chi connectivity index (χ4n) is 2.47. The molecule has 0 aromatic carbocycles. The van der Waals surface area contributed by atoms with E-state index in [9.17, 15) is 0 Å². The van der Waals surface area contributed by atoms with Gasteiger partial charge in [-0.1, -0.05) is 32.1 Å². The molecule has 0 aliphatic rings. The average molecular weight is 453 g/mol. The third-order valence-electron chi connectivity index (χ3n) is 3.96. The minimum atomic E-state index is 0.0502. The monoisotopic (exact) mass is 452 g/mol. The Kier molecular flexibility index (Phi) is 22.9. The van der Waals surface area contributed by atoms with E-state index in [1.165, 1.54) is 32.1 Å². The van der Waals surface area contributed by atoms with Gasteiger partial charge in [0.2, 0.25) is 0 Å². The largest absolute Gasteiger partial charge is 0.394 e. The van der Waals surface area contributed by atoms with Crippen molar-refractivity contribution >= 4 is 34.7 Å². The van der Waals surface area contributed by atoms with Gasteiger partial charge >= 0.3 is 0 Å². The van der Waals surface area contributed by atoms with Crippen molar-refractivity contribution in [2.24, 2.45) is 0 Å². The minimum Gasteiger partial charge on any atom is -0.394 e. The summed E-state index contributed by atoms with van der Waals surface area (Å²) in [6.07, 6.45) is 8.41. The van der Waals surface area contributed by atoms with Crippen LogP contribution in [-0.4, -0.2) is 86.3 Å². The predicted octanol–water partition coefficient (Wildman–Crippen LogP) is 0.663. The number of hydrogen-bond acceptors (Lipinski definition) is 6. The normalized spacial score (nSPS) is 10.6. The van der Waals surface area contributed by atoms with E-state index in [1.807, 2.05) is 0 Å². The predicted molar refractivity (Wildman–Crippen MR) is 125 cm³/mol. The van der Waals surface area contributed by atoms with Crippen LogP contribution in [0.15, 0.2) is 0 Å². The van der Waals surface area contributed by atoms with Crippen molar-refractivity contribution in [2.75, 3.05) is 65.8 Å². The Morgan fingerprint density at radius 1 is 0.517 bits per heavy atom. The van der Waals surface area contributed by atoms with Crippen LogP contribution in [0.5, 0.6) is 0 Å². The van der Waals surface area contributed by atoms with E-state index in [0.717, 1.165) is 25.9 Å². The maximum atomic E-state index is 8.60. The van der Waals surface area contributed by atoms with Gasteiger partial charge in [0.05, 0.1) is 39.6 Å². The summed E-state index contributed by atoms with van der Waals surface area (Å²) in [5.74, 6) is 0. The zero-order valence-electron chi connectivity index (χ0n) is 17.5. The first kappa shape index (κ1) is 28.2. The lowest BCUT2D eigenvalue weighted by Gasteiger charge is -2.11. The van der Waals surface area contributed by atoms with Crippen LogP contribution in [0.25, 0.3) is 0 Å². The van der Waals surface area contributed by atoms with E-state index in [-0.39, 0.29) is 13.2 Å². The highest BCUT2D eigenvalue weighted by Gasteiger charge is 1.97. The number of aliphatic hydroxyl groups is 2. The molecule has 0 fully saturated rings. The maximum Gasteiger partial charge on any atom is 0.166 e. The van der Waals surface area contributed by atoms with Gasteiger partial charge in [0, 0.05) is 26.2 Å². The number of aliphatic hydroxyl groups excluding tert-OH is 2. The van der Waals surface area contributed by atoms with Crippen LogP contribution in [0.4, 0.5) is 0 Å². The Morgan fingerprint density at radius 2 is 0.862 bits per heavy atom. The molecule has 0 bridgehead atoms. The fraction of sp³-hybridized carbons (Fsp3) is 0.895. The fourth-order valence-corrected chi connectivity index (χ4v) is 2.88. The van der Waals surface area contributed by atoms with Crippen molar-refractivity contribution in [3.8, 4) is 0 Å². The summed E-state index contributed by atoms with van der Waals surface area (Å²) in [5, 5.41) is 31.1. The topological polar surface area (TPSA) is 107 Å². The van der Waals surface area contributed by atoms with Gasteiger partial charge in [-0.15, -0.1) is 0 Å². The lowest BCUT2D eigenvalue weighted by Crippen LogP contribution is -2.37. The van der Waals surface area contributed by atoms with Crippen molar-refractivity contribution in [1.82, 2.24) is 21.3 Å². The van der Waals surface area contributed by atoms with Crippen molar-refractivity contribution in [3.05, 3.63) is 0 Å². The second-order valence-electron chi connectivity index (χ2n) is 6.51. The summed E-state index contributed by atoms with van der Waals surface area (Å²) < 4.78 is 10.3. The van der Waals surface area contributed by atoms with E-state index in [0.29, 0.717) is 49.7 Å². The highest BCUT2D eigenvalue weighted by atomic mass is 32.1. The first-order valence-corrected chi connectivity index (χ1v) is 11.4. The quantitative estimate of drug-likeness (QED) is 0.117. The van der Waals surface area contributed by atoms with Crippen LogP contribution in [0, 0.1) is 0 Å². The molecule has 29 heavy (non-hydrogen) atoms. The van der Waals surface area contributed by atoms with Crippen molar-refractivity contribution in [2.45, 2.75) is 44.9 Å². The SMILES string of the molecule is OCCOCCNC(=S)NCCCCCCCCCNC(=S)NCCOCCO. The molecule has 0 aliphatic carbocycles. The molecule has 0 unspecified atom stereocenters. The van der Waals surface area contributed by atoms with Gasteiger partial charge in [0.25, 0.3) is 0 Å². The number of rotatable bonds is 20. The lowest BCUT2D eigenvalue weighted by atomic mass is 10.1. The standard InChI is InChI=1S/C19H40N4O4S2/c24-12-16-26-14-10-22-18(28)20-8-6-4-2-1-3-5-7-9-21-19(29)23-11-15-27-17-13-25/h24-25H,1-17H2,(H2,20,22,28)(H2,21,23,29). The summed E-state index contributed by atoms with van der Waals surface area (Å²) >= 11 is 10.4. The molecule has 0 heterocycles. The average Bonchev–Trinajstić information content (AvgIpc) is 2.71. The molecule has 8 nitrogen and oxygen atoms in total. The molecule has 0 aliphatic heterocycles. The van der Waals surface area contributed by atoms with Gasteiger partial charge in [-0.25, -0.2) is 0 Å². The molecule has 0 aromatic rings. The van der Waals surface area contributed by atoms with E-state index in [1.54, 1.807) is 0 Å². The Balaban J connectivity index is 3.21. The van der Waals surface area contributed by atoms with E-state index in [2.05, 4.69) is 21.3 Å². The number of ether oxygens (including phenoxy) is 2. The minimum absolute atomic E-state index is 0.0502. The van der Waals surface area contributed by atoms with E-state index < -0.39 is 0 Å². The summed E-state index contributed by atoms with van der Waals surface area (Å²) in [4.78, 5) is 0. The zero-order valence-corrected chi connectivity index (χ0v) is 19.2. The van der Waals surface area contributed by atoms with Gasteiger partial charge in [-0.05, 0) is 37.3 Å². The molecule has 0 saturated heterocycles. The molecular weight excluding hydrogens is 412 g/mol. The summed E-state index contributed by atoms with van der Waals surface area (Å²) in [5.41, 5.74) is 0. The van der Waals surface area contributed by atoms with Crippen LogP contribution in [-0.2, 0) is 9.47 Å². The second-order valence-corrected chi connectivity index (χ2v) is 7.33. The second kappa shape index (κ2) is 23.5. The summed E-state index contributed by atoms with van der Waals surface area (Å²) in [7, 11) is 0. The molecule has 0 aromatic heterocycles. The van der Waals surface area contributed by atoms with Crippen molar-refractivity contribution < 1.29 is 19.7 Å². The molecular formula is C19H40N4O4S2. The third-order valence-corrected chi connectivity index (χ3v) is 4.54. The van der Waals surface area contributed by atoms with E-state index >= 15 is 0 Å². The molecule has 10 heteroatoms. The Bertz CT molecular complexity index is 359. The molecule has 172 valence electrons. The molecule has 0 rings (SSSR count). The van der Waals surface area contributed by atoms with Gasteiger partial charge < -0.3 is 41.0 Å². The number of thiocarbonyl (C=S) groups is 2. The molecule has 0 spiro atoms. The van der Waals surface area contributed by atoms with Crippen LogP contribution < -0.4 is 21.3 Å². The Hall–Kier alpha value is -0.780. The maximum absolute atomic E-state index is 8.60. The van der Waals surface area contributed by atoms with Crippen molar-refractivity contribution in [3.63, 3.8) is 0 Å². The third kappa shape index (κ3) is 23.4. The van der Waals surface area contributed by atoms with Gasteiger partial charge in [-0.3, -0.25) is 0 Å². The van der Waals surface area contributed by atoms with Gasteiger partial charge in [0.15, 0.2) is 10.2 Å². The molecule has 0 amide bonds. The van der Waals surface area contributed by atoms with Crippen LogP contribution >= 0.6 is 24.4 Å². The zero-order chi connectivity index (χ0) is 21.4. The van der Waals surface area contributed by atoms with Crippen molar-refractivity contribution in [1.29, 1.82) is 0 Å². The highest BCUT2D eigenvalue weighted by Crippen LogP contribution is 2.06. The summed E-state index contributed by atoms with van der Waals surface area (Å²) in [6, 6.07) is 0. The first-order chi connectivity index (χ1) is 14.2. The smallest absolute Gasteiger partial charge is 0.166 e. The molecule has 0 radical (unpaired) electrons. The first-order valence-electron chi connectivity index (χ1n) is 10.6. The van der Waals surface area contributed by atoms with Gasteiger partial charge in [0.1, 0.15) is 0 Å². The van der Waals surface area contributed by atoms with Gasteiger partial charge in [-0.2, -0.15) is 0 Å². The highest BCUT2D eigenvalue weighted by molar-refractivity contribution is 7.80. The van der Waals surface area contributed by atoms with Crippen LogP contribution in [0.2, 0.25) is 0 Å². The number of hydrogen-bond donors (Lipinski definition) is 6. The number of nitrogens with one attached hydrogen (secondary N) is 4. The summed E-state index contributed by atoms with van der Waals surface area (Å²) in [6.45, 7) is 5.01. The Morgan fingerprint density at radius 3 is 1.24 bits per heavy atom. The molecule has 6 N–H and O–H groups in total. The van der Waals surface area contributed by atoms with Crippen LogP contribution in [0.3, 0.4) is 0 Å².